The van der Waals surface area contributed by atoms with E-state index >= 15 is 0 Å². The van der Waals surface area contributed by atoms with Gasteiger partial charge in [0.1, 0.15) is 6.10 Å². The maximum atomic E-state index is 10.8. The number of thiophene rings is 1. The Morgan fingerprint density at radius 1 is 1.56 bits per heavy atom. The number of carbonyl (C=O) groups is 1. The SMILES string of the molecule is O=C(O)C1CCC(c2nc(-c3cccs3)n[nH]2)O1. The third-order valence-electron chi connectivity index (χ3n) is 2.84. The van der Waals surface area contributed by atoms with Crippen molar-refractivity contribution in [2.45, 2.75) is 25.0 Å². The number of H-pyrrole nitrogens is 1. The van der Waals surface area contributed by atoms with Crippen molar-refractivity contribution in [1.82, 2.24) is 15.2 Å². The maximum Gasteiger partial charge on any atom is 0.332 e. The van der Waals surface area contributed by atoms with Crippen LogP contribution in [-0.2, 0) is 9.53 Å². The van der Waals surface area contributed by atoms with Crippen molar-refractivity contribution < 1.29 is 14.6 Å². The van der Waals surface area contributed by atoms with Crippen LogP contribution in [0.1, 0.15) is 24.8 Å². The predicted octanol–water partition coefficient (Wildman–Crippen LogP) is 1.84. The smallest absolute Gasteiger partial charge is 0.332 e. The Hall–Kier alpha value is -1.73. The second kappa shape index (κ2) is 4.51. The van der Waals surface area contributed by atoms with Crippen LogP contribution in [0.5, 0.6) is 0 Å². The van der Waals surface area contributed by atoms with E-state index in [4.69, 9.17) is 9.84 Å². The van der Waals surface area contributed by atoms with Crippen LogP contribution < -0.4 is 0 Å². The van der Waals surface area contributed by atoms with Crippen molar-refractivity contribution in [2.75, 3.05) is 0 Å². The monoisotopic (exact) mass is 265 g/mol. The van der Waals surface area contributed by atoms with Gasteiger partial charge in [-0.15, -0.1) is 11.3 Å². The molecular weight excluding hydrogens is 254 g/mol. The second-order valence-electron chi connectivity index (χ2n) is 4.05. The van der Waals surface area contributed by atoms with E-state index in [0.717, 1.165) is 4.88 Å². The van der Waals surface area contributed by atoms with Gasteiger partial charge < -0.3 is 9.84 Å². The minimum Gasteiger partial charge on any atom is -0.479 e. The van der Waals surface area contributed by atoms with E-state index in [1.54, 1.807) is 11.3 Å². The molecule has 0 saturated carbocycles. The summed E-state index contributed by atoms with van der Waals surface area (Å²) in [7, 11) is 0. The zero-order valence-corrected chi connectivity index (χ0v) is 10.2. The summed E-state index contributed by atoms with van der Waals surface area (Å²) in [5.41, 5.74) is 0. The Kier molecular flexibility index (Phi) is 2.85. The second-order valence-corrected chi connectivity index (χ2v) is 5.00. The van der Waals surface area contributed by atoms with Gasteiger partial charge in [0, 0.05) is 0 Å². The predicted molar refractivity (Wildman–Crippen MR) is 64.2 cm³/mol. The molecule has 2 aromatic heterocycles. The summed E-state index contributed by atoms with van der Waals surface area (Å²) >= 11 is 1.56. The zero-order chi connectivity index (χ0) is 12.5. The molecule has 0 bridgehead atoms. The molecule has 0 radical (unpaired) electrons. The van der Waals surface area contributed by atoms with Crippen LogP contribution >= 0.6 is 11.3 Å². The first-order valence-electron chi connectivity index (χ1n) is 5.58. The number of hydrogen-bond donors (Lipinski definition) is 2. The number of carboxylic acid groups (broad SMARTS) is 1. The molecule has 3 heterocycles. The van der Waals surface area contributed by atoms with Crippen molar-refractivity contribution in [3.8, 4) is 10.7 Å². The van der Waals surface area contributed by atoms with Gasteiger partial charge in [0.25, 0.3) is 0 Å². The summed E-state index contributed by atoms with van der Waals surface area (Å²) < 4.78 is 5.41. The fourth-order valence-electron chi connectivity index (χ4n) is 1.95. The van der Waals surface area contributed by atoms with Crippen LogP contribution in [0.4, 0.5) is 0 Å². The molecule has 2 atom stereocenters. The van der Waals surface area contributed by atoms with Crippen molar-refractivity contribution in [2.24, 2.45) is 0 Å². The summed E-state index contributed by atoms with van der Waals surface area (Å²) in [6.45, 7) is 0. The fraction of sp³-hybridized carbons (Fsp3) is 0.364. The van der Waals surface area contributed by atoms with Crippen LogP contribution in [0.25, 0.3) is 10.7 Å². The number of aromatic nitrogens is 3. The molecule has 1 fully saturated rings. The Labute approximate surface area is 107 Å². The van der Waals surface area contributed by atoms with Gasteiger partial charge in [0.2, 0.25) is 0 Å². The number of nitrogens with one attached hydrogen (secondary N) is 1. The Morgan fingerprint density at radius 3 is 3.11 bits per heavy atom. The molecule has 0 amide bonds. The molecule has 1 aliphatic rings. The zero-order valence-electron chi connectivity index (χ0n) is 9.37. The molecule has 0 spiro atoms. The molecule has 6 nitrogen and oxygen atoms in total. The lowest BCUT2D eigenvalue weighted by atomic mass is 10.2. The maximum absolute atomic E-state index is 10.8. The van der Waals surface area contributed by atoms with E-state index < -0.39 is 12.1 Å². The van der Waals surface area contributed by atoms with Crippen LogP contribution in [0.3, 0.4) is 0 Å². The average Bonchev–Trinajstić information content (AvgIpc) is 3.10. The van der Waals surface area contributed by atoms with Crippen LogP contribution in [-0.4, -0.2) is 32.4 Å². The number of aromatic amines is 1. The van der Waals surface area contributed by atoms with Gasteiger partial charge >= 0.3 is 5.97 Å². The highest BCUT2D eigenvalue weighted by Gasteiger charge is 2.33. The number of aliphatic carboxylic acids is 1. The number of ether oxygens (including phenoxy) is 1. The first-order valence-corrected chi connectivity index (χ1v) is 6.46. The quantitative estimate of drug-likeness (QED) is 0.884. The topological polar surface area (TPSA) is 88.1 Å². The first kappa shape index (κ1) is 11.4. The van der Waals surface area contributed by atoms with Gasteiger partial charge in [-0.1, -0.05) is 6.07 Å². The van der Waals surface area contributed by atoms with Gasteiger partial charge in [0.15, 0.2) is 17.8 Å². The van der Waals surface area contributed by atoms with Crippen LogP contribution in [0, 0.1) is 0 Å². The minimum absolute atomic E-state index is 0.299. The van der Waals surface area contributed by atoms with E-state index in [-0.39, 0.29) is 6.10 Å². The molecule has 94 valence electrons. The molecule has 1 aliphatic heterocycles. The van der Waals surface area contributed by atoms with E-state index in [1.165, 1.54) is 0 Å². The summed E-state index contributed by atoms with van der Waals surface area (Å²) in [6, 6.07) is 3.87. The highest BCUT2D eigenvalue weighted by molar-refractivity contribution is 7.13. The highest BCUT2D eigenvalue weighted by Crippen LogP contribution is 2.32. The molecule has 0 aromatic carbocycles. The largest absolute Gasteiger partial charge is 0.479 e. The van der Waals surface area contributed by atoms with E-state index in [2.05, 4.69) is 15.2 Å². The number of hydrogen-bond acceptors (Lipinski definition) is 5. The molecule has 2 N–H and O–H groups in total. The highest BCUT2D eigenvalue weighted by atomic mass is 32.1. The molecule has 1 saturated heterocycles. The Morgan fingerprint density at radius 2 is 2.44 bits per heavy atom. The molecule has 18 heavy (non-hydrogen) atoms. The number of nitrogens with zero attached hydrogens (tertiary/aromatic N) is 2. The third-order valence-corrected chi connectivity index (χ3v) is 3.71. The summed E-state index contributed by atoms with van der Waals surface area (Å²) in [5, 5.41) is 17.8. The van der Waals surface area contributed by atoms with Gasteiger partial charge in [0.05, 0.1) is 4.88 Å². The molecule has 2 unspecified atom stereocenters. The van der Waals surface area contributed by atoms with Gasteiger partial charge in [-0.25, -0.2) is 9.78 Å². The Balaban J connectivity index is 1.77. The standard InChI is InChI=1S/C11H11N3O3S/c15-11(16)7-4-3-6(17-7)9-12-10(14-13-9)8-2-1-5-18-8/h1-2,5-7H,3-4H2,(H,15,16)(H,12,13,14). The number of rotatable bonds is 3. The lowest BCUT2D eigenvalue weighted by Gasteiger charge is -2.06. The fourth-order valence-corrected chi connectivity index (χ4v) is 2.61. The van der Waals surface area contributed by atoms with Crippen molar-refractivity contribution >= 4 is 17.3 Å². The van der Waals surface area contributed by atoms with Crippen LogP contribution in [0.15, 0.2) is 17.5 Å². The van der Waals surface area contributed by atoms with Crippen molar-refractivity contribution in [3.63, 3.8) is 0 Å². The van der Waals surface area contributed by atoms with E-state index in [1.807, 2.05) is 17.5 Å². The molecule has 7 heteroatoms. The van der Waals surface area contributed by atoms with E-state index in [0.29, 0.717) is 24.5 Å². The minimum atomic E-state index is -0.921. The summed E-state index contributed by atoms with van der Waals surface area (Å²) in [4.78, 5) is 16.1. The van der Waals surface area contributed by atoms with Crippen molar-refractivity contribution in [3.05, 3.63) is 23.3 Å². The summed E-state index contributed by atoms with van der Waals surface area (Å²) in [6.07, 6.45) is 0.128. The van der Waals surface area contributed by atoms with Gasteiger partial charge in [-0.2, -0.15) is 5.10 Å². The molecule has 2 aromatic rings. The average molecular weight is 265 g/mol. The Bertz CT molecular complexity index is 552. The number of carboxylic acids is 1. The van der Waals surface area contributed by atoms with Gasteiger partial charge in [-0.3, -0.25) is 5.10 Å². The third kappa shape index (κ3) is 2.02. The summed E-state index contributed by atoms with van der Waals surface area (Å²) in [5.74, 6) is 0.306. The van der Waals surface area contributed by atoms with E-state index in [9.17, 15) is 4.79 Å². The molecule has 0 aliphatic carbocycles. The lowest BCUT2D eigenvalue weighted by Crippen LogP contribution is -2.18. The van der Waals surface area contributed by atoms with Gasteiger partial charge in [-0.05, 0) is 24.3 Å². The van der Waals surface area contributed by atoms with Crippen molar-refractivity contribution in [1.29, 1.82) is 0 Å². The lowest BCUT2D eigenvalue weighted by molar-refractivity contribution is -0.149. The molecule has 3 rings (SSSR count). The first-order chi connectivity index (χ1) is 8.74. The molecular formula is C11H11N3O3S. The normalized spacial score (nSPS) is 23.3. The van der Waals surface area contributed by atoms with Crippen LogP contribution in [0.2, 0.25) is 0 Å².